The van der Waals surface area contributed by atoms with Crippen LogP contribution in [0.25, 0.3) is 17.1 Å². The normalized spacial score (nSPS) is 15.7. The number of allylic oxidation sites excluding steroid dienone is 4. The molecule has 0 saturated carbocycles. The molecule has 5 rings (SSSR count). The average Bonchev–Trinajstić information content (AvgIpc) is 3.51. The highest BCUT2D eigenvalue weighted by atomic mass is 32.2. The van der Waals surface area contributed by atoms with Crippen molar-refractivity contribution in [3.05, 3.63) is 77.8 Å². The first kappa shape index (κ1) is 18.4. The third-order valence-electron chi connectivity index (χ3n) is 4.44. The Morgan fingerprint density at radius 2 is 1.93 bits per heavy atom. The van der Waals surface area contributed by atoms with E-state index in [0.29, 0.717) is 28.3 Å². The first-order chi connectivity index (χ1) is 14.8. The Labute approximate surface area is 175 Å². The van der Waals surface area contributed by atoms with Gasteiger partial charge in [0.05, 0.1) is 0 Å². The lowest BCUT2D eigenvalue weighted by molar-refractivity contribution is 0.271. The van der Waals surface area contributed by atoms with Crippen LogP contribution in [0.2, 0.25) is 0 Å². The quantitative estimate of drug-likeness (QED) is 0.591. The molecule has 10 heteroatoms. The van der Waals surface area contributed by atoms with Crippen molar-refractivity contribution in [2.75, 3.05) is 0 Å². The van der Waals surface area contributed by atoms with E-state index in [2.05, 4.69) is 36.9 Å². The summed E-state index contributed by atoms with van der Waals surface area (Å²) in [7, 11) is 0. The van der Waals surface area contributed by atoms with Gasteiger partial charge in [-0.3, -0.25) is 0 Å². The molecule has 1 aliphatic heterocycles. The predicted molar refractivity (Wildman–Crippen MR) is 108 cm³/mol. The molecule has 0 bridgehead atoms. The molecule has 1 N–H and O–H groups in total. The Morgan fingerprint density at radius 3 is 2.73 bits per heavy atom. The lowest BCUT2D eigenvalue weighted by Gasteiger charge is -2.17. The Hall–Kier alpha value is -3.66. The minimum Gasteiger partial charge on any atom is -0.465 e. The van der Waals surface area contributed by atoms with Gasteiger partial charge >= 0.3 is 0 Å². The first-order valence-electron chi connectivity index (χ1n) is 9.24. The molecule has 0 fully saturated rings. The molecular formula is C20H16N6O3S. The van der Waals surface area contributed by atoms with Crippen LogP contribution in [0.1, 0.15) is 24.3 Å². The third kappa shape index (κ3) is 4.03. The maximum absolute atomic E-state index is 5.91. The van der Waals surface area contributed by atoms with Gasteiger partial charge < -0.3 is 13.9 Å². The molecule has 1 aliphatic carbocycles. The summed E-state index contributed by atoms with van der Waals surface area (Å²) in [5, 5.41) is 22.6. The second kappa shape index (κ2) is 8.37. The highest BCUT2D eigenvalue weighted by molar-refractivity contribution is 7.98. The van der Waals surface area contributed by atoms with Crippen LogP contribution in [0, 0.1) is 0 Å². The number of nitrogens with zero attached hydrogens (tertiary/aromatic N) is 5. The fourth-order valence-corrected chi connectivity index (χ4v) is 3.63. The largest absolute Gasteiger partial charge is 0.465 e. The number of hydrogen-bond donors (Lipinski definition) is 1. The number of hydrogen-bond acceptors (Lipinski definition) is 9. The summed E-state index contributed by atoms with van der Waals surface area (Å²) in [4.78, 5) is 0. The fourth-order valence-electron chi connectivity index (χ4n) is 2.91. The van der Waals surface area contributed by atoms with Gasteiger partial charge in [-0.2, -0.15) is 5.21 Å². The minimum absolute atomic E-state index is 0.280. The van der Waals surface area contributed by atoms with Gasteiger partial charge in [0.1, 0.15) is 12.5 Å². The van der Waals surface area contributed by atoms with Crippen LogP contribution in [0.3, 0.4) is 0 Å². The van der Waals surface area contributed by atoms with E-state index in [4.69, 9.17) is 13.9 Å². The topological polar surface area (TPSA) is 112 Å². The molecule has 2 aliphatic rings. The summed E-state index contributed by atoms with van der Waals surface area (Å²) in [6.45, 7) is 0. The van der Waals surface area contributed by atoms with Crippen LogP contribution in [0.5, 0.6) is 0 Å². The maximum Gasteiger partial charge on any atom is 0.287 e. The average molecular weight is 420 g/mol. The number of aromatic nitrogens is 6. The highest BCUT2D eigenvalue weighted by Crippen LogP contribution is 2.31. The predicted octanol–water partition coefficient (Wildman–Crippen LogP) is 4.01. The van der Waals surface area contributed by atoms with E-state index in [1.807, 2.05) is 36.4 Å². The first-order valence-corrected chi connectivity index (χ1v) is 10.2. The number of rotatable bonds is 6. The van der Waals surface area contributed by atoms with Gasteiger partial charge in [-0.1, -0.05) is 54.3 Å². The molecule has 150 valence electrons. The number of benzene rings is 1. The standard InChI is InChI=1S/C20H16N6O3S/c1-2-4-14(5-3-1)16-10-27-11-17(28-16)19-23-24-20(29-19)30-12-13-6-8-15(9-7-13)18-21-25-26-22-18/h1-2,4,6-11H,3,5,12H2,(H,21,22,25,26). The molecule has 30 heavy (non-hydrogen) atoms. The monoisotopic (exact) mass is 420 g/mol. The maximum atomic E-state index is 5.91. The zero-order valence-electron chi connectivity index (χ0n) is 15.7. The second-order valence-electron chi connectivity index (χ2n) is 6.46. The van der Waals surface area contributed by atoms with Crippen molar-refractivity contribution in [1.82, 2.24) is 30.8 Å². The van der Waals surface area contributed by atoms with Crippen LogP contribution in [0.4, 0.5) is 0 Å². The minimum atomic E-state index is 0.280. The molecule has 0 spiro atoms. The van der Waals surface area contributed by atoms with Crippen molar-refractivity contribution in [2.24, 2.45) is 0 Å². The Morgan fingerprint density at radius 1 is 1.03 bits per heavy atom. The van der Waals surface area contributed by atoms with E-state index < -0.39 is 0 Å². The molecule has 1 aromatic carbocycles. The lowest BCUT2D eigenvalue weighted by Crippen LogP contribution is -2.03. The molecule has 3 heterocycles. The number of H-pyrrole nitrogens is 1. The molecule has 3 aromatic rings. The Bertz CT molecular complexity index is 1150. The molecular weight excluding hydrogens is 404 g/mol. The number of ether oxygens (including phenoxy) is 2. The van der Waals surface area contributed by atoms with Gasteiger partial charge in [-0.05, 0) is 29.2 Å². The third-order valence-corrected chi connectivity index (χ3v) is 5.33. The molecule has 0 amide bonds. The van der Waals surface area contributed by atoms with Crippen molar-refractivity contribution in [1.29, 1.82) is 0 Å². The summed E-state index contributed by atoms with van der Waals surface area (Å²) >= 11 is 1.44. The van der Waals surface area contributed by atoms with Crippen molar-refractivity contribution in [3.63, 3.8) is 0 Å². The van der Waals surface area contributed by atoms with Gasteiger partial charge in [0, 0.05) is 11.3 Å². The van der Waals surface area contributed by atoms with Gasteiger partial charge in [0.15, 0.2) is 5.76 Å². The van der Waals surface area contributed by atoms with E-state index in [-0.39, 0.29) is 5.89 Å². The van der Waals surface area contributed by atoms with E-state index >= 15 is 0 Å². The van der Waals surface area contributed by atoms with E-state index in [9.17, 15) is 0 Å². The molecule has 0 radical (unpaired) electrons. The molecule has 0 atom stereocenters. The summed E-state index contributed by atoms with van der Waals surface area (Å²) in [5.74, 6) is 2.57. The molecule has 0 saturated heterocycles. The summed E-state index contributed by atoms with van der Waals surface area (Å²) < 4.78 is 17.1. The fraction of sp³-hybridized carbons (Fsp3) is 0.150. The van der Waals surface area contributed by atoms with Crippen LogP contribution < -0.4 is 0 Å². The smallest absolute Gasteiger partial charge is 0.287 e. The lowest BCUT2D eigenvalue weighted by atomic mass is 10.0. The van der Waals surface area contributed by atoms with Crippen LogP contribution in [-0.2, 0) is 15.2 Å². The van der Waals surface area contributed by atoms with Gasteiger partial charge in [-0.15, -0.1) is 20.4 Å². The number of aromatic amines is 1. The van der Waals surface area contributed by atoms with Crippen LogP contribution in [0.15, 0.2) is 76.0 Å². The van der Waals surface area contributed by atoms with Crippen LogP contribution >= 0.6 is 11.8 Å². The highest BCUT2D eigenvalue weighted by Gasteiger charge is 2.21. The number of tetrazole rings is 1. The van der Waals surface area contributed by atoms with Crippen LogP contribution in [-0.4, -0.2) is 30.8 Å². The van der Waals surface area contributed by atoms with E-state index in [1.54, 1.807) is 6.26 Å². The molecule has 0 unspecified atom stereocenters. The SMILES string of the molecule is C1=CCCC(C2=COC=C(c3nnc(SCc4ccc(-c5nn[nH]n5)cc4)o3)O2)=C1. The van der Waals surface area contributed by atoms with Crippen molar-refractivity contribution >= 4 is 17.5 Å². The number of thioether (sulfide) groups is 1. The Kier molecular flexibility index (Phi) is 5.13. The molecule has 9 nitrogen and oxygen atoms in total. The van der Waals surface area contributed by atoms with Crippen molar-refractivity contribution < 1.29 is 13.9 Å². The second-order valence-corrected chi connectivity index (χ2v) is 7.38. The van der Waals surface area contributed by atoms with Crippen molar-refractivity contribution in [2.45, 2.75) is 23.8 Å². The van der Waals surface area contributed by atoms with Gasteiger partial charge in [0.25, 0.3) is 11.1 Å². The number of nitrogens with one attached hydrogen (secondary N) is 1. The zero-order chi connectivity index (χ0) is 20.2. The van der Waals surface area contributed by atoms with E-state index in [1.165, 1.54) is 18.0 Å². The summed E-state index contributed by atoms with van der Waals surface area (Å²) in [6.07, 6.45) is 11.1. The zero-order valence-corrected chi connectivity index (χ0v) is 16.5. The Balaban J connectivity index is 1.20. The summed E-state index contributed by atoms with van der Waals surface area (Å²) in [5.41, 5.74) is 3.07. The van der Waals surface area contributed by atoms with Crippen molar-refractivity contribution in [3.8, 4) is 11.4 Å². The van der Waals surface area contributed by atoms with Gasteiger partial charge in [-0.25, -0.2) is 0 Å². The summed E-state index contributed by atoms with van der Waals surface area (Å²) in [6, 6.07) is 7.89. The molecule has 2 aromatic heterocycles. The van der Waals surface area contributed by atoms with E-state index in [0.717, 1.165) is 29.5 Å². The van der Waals surface area contributed by atoms with Gasteiger partial charge in [0.2, 0.25) is 11.6 Å².